The highest BCUT2D eigenvalue weighted by Gasteiger charge is 2.40. The third kappa shape index (κ3) is 3.57. The Balaban J connectivity index is 1.28. The Morgan fingerprint density at radius 3 is 2.81 bits per heavy atom. The quantitative estimate of drug-likeness (QED) is 0.488. The minimum atomic E-state index is -3.60. The fourth-order valence-corrected chi connectivity index (χ4v) is 5.55. The lowest BCUT2D eigenvalue weighted by atomic mass is 10.2. The number of anilines is 3. The fraction of sp³-hybridized carbons (Fsp3) is 0.500. The minimum Gasteiger partial charge on any atom is -0.327 e. The number of amides is 1. The molecule has 1 atom stereocenters. The van der Waals surface area contributed by atoms with Crippen molar-refractivity contribution in [3.8, 4) is 0 Å². The molecular formula is C20H24N8O3S. The van der Waals surface area contributed by atoms with Gasteiger partial charge in [-0.1, -0.05) is 0 Å². The molecule has 3 fully saturated rings. The maximum Gasteiger partial charge on any atom is 0.256 e. The van der Waals surface area contributed by atoms with Gasteiger partial charge in [0.05, 0.1) is 5.25 Å². The molecule has 11 nitrogen and oxygen atoms in total. The van der Waals surface area contributed by atoms with Crippen molar-refractivity contribution in [2.75, 3.05) is 16.8 Å². The summed E-state index contributed by atoms with van der Waals surface area (Å²) in [5.41, 5.74) is 1.89. The van der Waals surface area contributed by atoms with Gasteiger partial charge in [0.15, 0.2) is 11.6 Å². The van der Waals surface area contributed by atoms with Gasteiger partial charge in [0, 0.05) is 30.4 Å². The van der Waals surface area contributed by atoms with E-state index >= 15 is 0 Å². The summed E-state index contributed by atoms with van der Waals surface area (Å²) in [6.07, 6.45) is 6.68. The van der Waals surface area contributed by atoms with E-state index in [4.69, 9.17) is 4.98 Å². The number of rotatable bonds is 7. The number of H-pyrrole nitrogens is 1. The smallest absolute Gasteiger partial charge is 0.256 e. The second-order valence-electron chi connectivity index (χ2n) is 8.77. The van der Waals surface area contributed by atoms with Gasteiger partial charge in [-0.25, -0.2) is 12.9 Å². The first-order chi connectivity index (χ1) is 15.5. The molecule has 0 aromatic carbocycles. The molecule has 0 spiro atoms. The van der Waals surface area contributed by atoms with E-state index in [0.717, 1.165) is 17.6 Å². The third-order valence-electron chi connectivity index (χ3n) is 6.26. The first-order valence-electron chi connectivity index (χ1n) is 11.0. The molecule has 1 saturated heterocycles. The number of nitrogens with one attached hydrogen (secondary N) is 3. The molecule has 1 aliphatic heterocycles. The SMILES string of the molecule is O=C(NS(=O)(=O)C1CC1)[C@@H]1CCCN1c1nc(Nc2cc(C3CC3)[nH]n2)c2cccn2n1. The van der Waals surface area contributed by atoms with E-state index in [9.17, 15) is 13.2 Å². The molecule has 0 bridgehead atoms. The molecule has 0 radical (unpaired) electrons. The number of fused-ring (bicyclic) bond motifs is 1. The Morgan fingerprint density at radius 1 is 1.19 bits per heavy atom. The van der Waals surface area contributed by atoms with Gasteiger partial charge in [-0.05, 0) is 50.7 Å². The van der Waals surface area contributed by atoms with E-state index in [1.54, 1.807) is 9.42 Å². The van der Waals surface area contributed by atoms with Crippen LogP contribution in [0.5, 0.6) is 0 Å². The van der Waals surface area contributed by atoms with Crippen molar-refractivity contribution in [3.05, 3.63) is 30.1 Å². The maximum atomic E-state index is 12.8. The van der Waals surface area contributed by atoms with Gasteiger partial charge >= 0.3 is 0 Å². The number of sulfonamides is 1. The zero-order valence-electron chi connectivity index (χ0n) is 17.4. The Labute approximate surface area is 184 Å². The molecule has 3 aromatic rings. The molecule has 2 aliphatic carbocycles. The maximum absolute atomic E-state index is 12.8. The van der Waals surface area contributed by atoms with Crippen LogP contribution in [0.3, 0.4) is 0 Å². The summed E-state index contributed by atoms with van der Waals surface area (Å²) in [4.78, 5) is 19.3. The lowest BCUT2D eigenvalue weighted by Crippen LogP contribution is -2.47. The van der Waals surface area contributed by atoms with Crippen molar-refractivity contribution in [1.82, 2.24) is 29.5 Å². The number of hydrogen-bond acceptors (Lipinski definition) is 8. The average Bonchev–Trinajstić information content (AvgIpc) is 3.65. The van der Waals surface area contributed by atoms with Gasteiger partial charge in [-0.3, -0.25) is 14.6 Å². The molecule has 6 rings (SSSR count). The second kappa shape index (κ2) is 7.19. The molecule has 32 heavy (non-hydrogen) atoms. The zero-order valence-corrected chi connectivity index (χ0v) is 18.2. The topological polar surface area (TPSA) is 137 Å². The average molecular weight is 457 g/mol. The molecule has 2 saturated carbocycles. The van der Waals surface area contributed by atoms with Crippen LogP contribution in [0.1, 0.15) is 50.1 Å². The zero-order chi connectivity index (χ0) is 21.9. The van der Waals surface area contributed by atoms with E-state index < -0.39 is 27.2 Å². The molecule has 3 N–H and O–H groups in total. The Kier molecular flexibility index (Phi) is 4.39. The summed E-state index contributed by atoms with van der Waals surface area (Å²) in [5, 5.41) is 14.8. The number of hydrogen-bond donors (Lipinski definition) is 3. The van der Waals surface area contributed by atoms with Crippen LogP contribution in [0, 0.1) is 0 Å². The summed E-state index contributed by atoms with van der Waals surface area (Å²) in [5.74, 6) is 1.66. The summed E-state index contributed by atoms with van der Waals surface area (Å²) in [7, 11) is -3.60. The summed E-state index contributed by atoms with van der Waals surface area (Å²) in [6.45, 7) is 0.571. The summed E-state index contributed by atoms with van der Waals surface area (Å²) >= 11 is 0. The molecule has 3 aromatic heterocycles. The van der Waals surface area contributed by atoms with Gasteiger partial charge in [0.2, 0.25) is 16.0 Å². The Hall–Kier alpha value is -3.15. The normalized spacial score (nSPS) is 21.2. The highest BCUT2D eigenvalue weighted by Crippen LogP contribution is 2.39. The van der Waals surface area contributed by atoms with Gasteiger partial charge < -0.3 is 10.2 Å². The van der Waals surface area contributed by atoms with Crippen LogP contribution in [-0.4, -0.2) is 57.0 Å². The van der Waals surface area contributed by atoms with Gasteiger partial charge in [-0.2, -0.15) is 10.1 Å². The highest BCUT2D eigenvalue weighted by atomic mass is 32.2. The number of nitrogens with zero attached hydrogens (tertiary/aromatic N) is 5. The number of aromatic amines is 1. The summed E-state index contributed by atoms with van der Waals surface area (Å²) < 4.78 is 28.5. The van der Waals surface area contributed by atoms with Crippen molar-refractivity contribution in [2.24, 2.45) is 0 Å². The van der Waals surface area contributed by atoms with Crippen LogP contribution in [0.2, 0.25) is 0 Å². The fourth-order valence-electron chi connectivity index (χ4n) is 4.21. The first-order valence-corrected chi connectivity index (χ1v) is 12.5. The number of aromatic nitrogens is 5. The minimum absolute atomic E-state index is 0.371. The van der Waals surface area contributed by atoms with E-state index in [0.29, 0.717) is 49.3 Å². The van der Waals surface area contributed by atoms with Crippen molar-refractivity contribution < 1.29 is 13.2 Å². The number of carbonyl (C=O) groups excluding carboxylic acids is 1. The predicted octanol–water partition coefficient (Wildman–Crippen LogP) is 1.65. The standard InChI is InChI=1S/C20H24N8O3S/c29-19(26-32(30,31)13-7-8-13)16-4-1-9-27(16)20-22-18(15-3-2-10-28(15)25-20)21-17-11-14(23-24-17)12-5-6-12/h2-3,10-13,16H,1,4-9H2,(H,26,29)(H2,21,22,23,24,25)/t16-/m0/s1. The van der Waals surface area contributed by atoms with E-state index in [-0.39, 0.29) is 0 Å². The van der Waals surface area contributed by atoms with E-state index in [1.807, 2.05) is 24.4 Å². The molecule has 4 heterocycles. The van der Waals surface area contributed by atoms with Crippen LogP contribution in [0.4, 0.5) is 17.6 Å². The highest BCUT2D eigenvalue weighted by molar-refractivity contribution is 7.90. The van der Waals surface area contributed by atoms with Crippen LogP contribution >= 0.6 is 0 Å². The van der Waals surface area contributed by atoms with Gasteiger partial charge in [0.25, 0.3) is 5.91 Å². The van der Waals surface area contributed by atoms with Crippen molar-refractivity contribution in [3.63, 3.8) is 0 Å². The molecule has 3 aliphatic rings. The lowest BCUT2D eigenvalue weighted by Gasteiger charge is -2.24. The van der Waals surface area contributed by atoms with Crippen LogP contribution in [0.25, 0.3) is 5.52 Å². The van der Waals surface area contributed by atoms with E-state index in [1.165, 1.54) is 12.8 Å². The molecule has 1 amide bonds. The van der Waals surface area contributed by atoms with Crippen LogP contribution in [0.15, 0.2) is 24.4 Å². The second-order valence-corrected chi connectivity index (χ2v) is 10.7. The van der Waals surface area contributed by atoms with Crippen LogP contribution in [-0.2, 0) is 14.8 Å². The third-order valence-corrected chi connectivity index (χ3v) is 8.09. The molecular weight excluding hydrogens is 432 g/mol. The Bertz CT molecular complexity index is 1290. The monoisotopic (exact) mass is 456 g/mol. The largest absolute Gasteiger partial charge is 0.327 e. The number of carbonyl (C=O) groups is 1. The molecule has 12 heteroatoms. The molecule has 0 unspecified atom stereocenters. The predicted molar refractivity (Wildman–Crippen MR) is 117 cm³/mol. The van der Waals surface area contributed by atoms with Crippen molar-refractivity contribution in [1.29, 1.82) is 0 Å². The lowest BCUT2D eigenvalue weighted by molar-refractivity contribution is -0.120. The van der Waals surface area contributed by atoms with Crippen molar-refractivity contribution in [2.45, 2.75) is 55.7 Å². The first kappa shape index (κ1) is 19.5. The Morgan fingerprint density at radius 2 is 2.03 bits per heavy atom. The van der Waals surface area contributed by atoms with Gasteiger partial charge in [-0.15, -0.1) is 5.10 Å². The van der Waals surface area contributed by atoms with Crippen molar-refractivity contribution >= 4 is 39.0 Å². The molecule has 168 valence electrons. The van der Waals surface area contributed by atoms with Crippen LogP contribution < -0.4 is 14.9 Å². The van der Waals surface area contributed by atoms with E-state index in [2.05, 4.69) is 25.3 Å². The van der Waals surface area contributed by atoms with Gasteiger partial charge in [0.1, 0.15) is 11.6 Å². The summed E-state index contributed by atoms with van der Waals surface area (Å²) in [6, 6.07) is 5.14.